The van der Waals surface area contributed by atoms with Crippen molar-refractivity contribution in [1.82, 2.24) is 4.98 Å². The van der Waals surface area contributed by atoms with Crippen molar-refractivity contribution in [3.8, 4) is 0 Å². The molecule has 156 valence electrons. The lowest BCUT2D eigenvalue weighted by atomic mass is 9.97. The Hall–Kier alpha value is -2.76. The van der Waals surface area contributed by atoms with Crippen LogP contribution in [0.2, 0.25) is 0 Å². The number of piperidine rings is 1. The summed E-state index contributed by atoms with van der Waals surface area (Å²) in [5.74, 6) is -0.589. The van der Waals surface area contributed by atoms with Crippen molar-refractivity contribution in [1.29, 1.82) is 0 Å². The Morgan fingerprint density at radius 1 is 1.38 bits per heavy atom. The molecule has 0 N–H and O–H groups in total. The second-order valence-electron chi connectivity index (χ2n) is 6.44. The van der Waals surface area contributed by atoms with E-state index in [1.165, 1.54) is 0 Å². The van der Waals surface area contributed by atoms with E-state index in [2.05, 4.69) is 4.98 Å². The summed E-state index contributed by atoms with van der Waals surface area (Å²) in [6, 6.07) is 1.01. The highest BCUT2D eigenvalue weighted by molar-refractivity contribution is 7.22. The van der Waals surface area contributed by atoms with Gasteiger partial charge in [-0.1, -0.05) is 11.3 Å². The first-order valence-electron chi connectivity index (χ1n) is 8.74. The van der Waals surface area contributed by atoms with Gasteiger partial charge in [-0.05, 0) is 25.8 Å². The third-order valence-corrected chi connectivity index (χ3v) is 5.76. The Bertz CT molecular complexity index is 1020. The molecule has 0 bridgehead atoms. The van der Waals surface area contributed by atoms with Crippen LogP contribution in [0.25, 0.3) is 10.1 Å². The maximum Gasteiger partial charge on any atom is 0.416 e. The van der Waals surface area contributed by atoms with E-state index in [4.69, 9.17) is 4.74 Å². The molecule has 1 aliphatic heterocycles. The number of aromatic nitrogens is 1. The van der Waals surface area contributed by atoms with Crippen LogP contribution < -0.4 is 10.5 Å². The molecule has 0 unspecified atom stereocenters. The number of nitro groups is 1. The topological polar surface area (TPSA) is 103 Å². The number of ether oxygens (including phenoxy) is 1. The van der Waals surface area contributed by atoms with Crippen LogP contribution in [0.4, 0.5) is 24.0 Å². The number of nitro benzene ring substituents is 1. The van der Waals surface area contributed by atoms with Gasteiger partial charge in [-0.3, -0.25) is 19.7 Å². The molecule has 0 amide bonds. The molecule has 0 aliphatic carbocycles. The van der Waals surface area contributed by atoms with Gasteiger partial charge in [0.15, 0.2) is 5.13 Å². The minimum absolute atomic E-state index is 0.162. The van der Waals surface area contributed by atoms with Crippen LogP contribution >= 0.6 is 11.3 Å². The molecular weight excluding hydrogens is 415 g/mol. The Balaban J connectivity index is 1.98. The largest absolute Gasteiger partial charge is 0.466 e. The van der Waals surface area contributed by atoms with E-state index in [1.807, 2.05) is 0 Å². The van der Waals surface area contributed by atoms with Gasteiger partial charge in [-0.25, -0.2) is 0 Å². The molecule has 2 heterocycles. The standard InChI is InChI=1S/C17H16F3N3O5S/c1-2-28-15(25)9-3-5-22(6-4-9)16-21-14(24)11-7-10(17(18,19)20)8-12(23(26)27)13(11)29-16/h7-9H,2-6H2,1H3. The lowest BCUT2D eigenvalue weighted by Crippen LogP contribution is -2.37. The molecule has 0 spiro atoms. The third kappa shape index (κ3) is 4.31. The fraction of sp³-hybridized carbons (Fsp3) is 0.471. The second kappa shape index (κ2) is 7.93. The summed E-state index contributed by atoms with van der Waals surface area (Å²) in [5.41, 5.74) is -3.02. The van der Waals surface area contributed by atoms with E-state index in [0.29, 0.717) is 38.1 Å². The van der Waals surface area contributed by atoms with Gasteiger partial charge in [0.1, 0.15) is 4.70 Å². The highest BCUT2D eigenvalue weighted by atomic mass is 32.1. The van der Waals surface area contributed by atoms with E-state index < -0.39 is 33.3 Å². The molecule has 2 aromatic rings. The lowest BCUT2D eigenvalue weighted by molar-refractivity contribution is -0.383. The molecule has 0 atom stereocenters. The number of esters is 1. The number of carbonyl (C=O) groups is 1. The van der Waals surface area contributed by atoms with E-state index in [9.17, 15) is 32.9 Å². The van der Waals surface area contributed by atoms with Crippen molar-refractivity contribution in [3.05, 3.63) is 38.2 Å². The van der Waals surface area contributed by atoms with Crippen molar-refractivity contribution in [3.63, 3.8) is 0 Å². The highest BCUT2D eigenvalue weighted by Gasteiger charge is 2.34. The number of alkyl halides is 3. The number of nitrogens with zero attached hydrogens (tertiary/aromatic N) is 3. The fourth-order valence-electron chi connectivity index (χ4n) is 3.14. The number of benzene rings is 1. The third-order valence-electron chi connectivity index (χ3n) is 4.60. The molecular formula is C17H16F3N3O5S. The number of hydrogen-bond acceptors (Lipinski definition) is 8. The molecule has 8 nitrogen and oxygen atoms in total. The molecule has 0 saturated carbocycles. The van der Waals surface area contributed by atoms with Gasteiger partial charge < -0.3 is 9.64 Å². The van der Waals surface area contributed by atoms with Crippen molar-refractivity contribution >= 4 is 38.2 Å². The number of fused-ring (bicyclic) bond motifs is 1. The van der Waals surface area contributed by atoms with Gasteiger partial charge in [0.2, 0.25) is 0 Å². The molecule has 12 heteroatoms. The fourth-order valence-corrected chi connectivity index (χ4v) is 4.26. The number of anilines is 1. The smallest absolute Gasteiger partial charge is 0.416 e. The summed E-state index contributed by atoms with van der Waals surface area (Å²) in [6.07, 6.45) is -3.92. The minimum Gasteiger partial charge on any atom is -0.466 e. The van der Waals surface area contributed by atoms with E-state index in [-0.39, 0.29) is 28.3 Å². The number of halogens is 3. The van der Waals surface area contributed by atoms with Crippen LogP contribution in [-0.2, 0) is 15.7 Å². The van der Waals surface area contributed by atoms with Crippen molar-refractivity contribution in [2.45, 2.75) is 25.9 Å². The van der Waals surface area contributed by atoms with Crippen LogP contribution in [-0.4, -0.2) is 35.6 Å². The van der Waals surface area contributed by atoms with Crippen LogP contribution in [0.15, 0.2) is 16.9 Å². The molecule has 1 saturated heterocycles. The molecule has 3 rings (SSSR count). The molecule has 0 radical (unpaired) electrons. The zero-order chi connectivity index (χ0) is 21.3. The summed E-state index contributed by atoms with van der Waals surface area (Å²) in [5, 5.41) is 11.1. The highest BCUT2D eigenvalue weighted by Crippen LogP contribution is 2.38. The zero-order valence-electron chi connectivity index (χ0n) is 15.2. The summed E-state index contributed by atoms with van der Waals surface area (Å²) in [4.78, 5) is 40.1. The lowest BCUT2D eigenvalue weighted by Gasteiger charge is -2.31. The van der Waals surface area contributed by atoms with Crippen LogP contribution in [0.3, 0.4) is 0 Å². The minimum atomic E-state index is -4.83. The Morgan fingerprint density at radius 2 is 2.03 bits per heavy atom. The number of non-ortho nitro benzene ring substituents is 1. The zero-order valence-corrected chi connectivity index (χ0v) is 16.0. The SMILES string of the molecule is CCOC(=O)C1CCN(c2nc(=O)c3cc(C(F)(F)F)cc([N+](=O)[O-])c3s2)CC1. The normalized spacial score (nSPS) is 15.5. The molecule has 1 aromatic carbocycles. The van der Waals surface area contributed by atoms with Gasteiger partial charge in [-0.2, -0.15) is 18.2 Å². The molecule has 1 aliphatic rings. The van der Waals surface area contributed by atoms with Crippen molar-refractivity contribution in [2.24, 2.45) is 5.92 Å². The summed E-state index contributed by atoms with van der Waals surface area (Å²) >= 11 is 0.791. The maximum absolute atomic E-state index is 13.0. The average molecular weight is 431 g/mol. The van der Waals surface area contributed by atoms with Crippen molar-refractivity contribution in [2.75, 3.05) is 24.6 Å². The molecule has 1 fully saturated rings. The van der Waals surface area contributed by atoms with Crippen LogP contribution in [0.5, 0.6) is 0 Å². The monoisotopic (exact) mass is 431 g/mol. The van der Waals surface area contributed by atoms with E-state index >= 15 is 0 Å². The first kappa shape index (κ1) is 21.0. The first-order chi connectivity index (χ1) is 13.6. The average Bonchev–Trinajstić information content (AvgIpc) is 2.66. The maximum atomic E-state index is 13.0. The predicted octanol–water partition coefficient (Wildman–Crippen LogP) is 3.36. The Labute approximate surface area is 166 Å². The summed E-state index contributed by atoms with van der Waals surface area (Å²) in [7, 11) is 0. The molecule has 29 heavy (non-hydrogen) atoms. The first-order valence-corrected chi connectivity index (χ1v) is 9.55. The second-order valence-corrected chi connectivity index (χ2v) is 7.42. The van der Waals surface area contributed by atoms with Gasteiger partial charge >= 0.3 is 12.1 Å². The van der Waals surface area contributed by atoms with Crippen LogP contribution in [0, 0.1) is 16.0 Å². The Kier molecular flexibility index (Phi) is 5.73. The summed E-state index contributed by atoms with van der Waals surface area (Å²) in [6.45, 7) is 2.72. The molecule has 1 aromatic heterocycles. The van der Waals surface area contributed by atoms with Crippen molar-refractivity contribution < 1.29 is 27.6 Å². The Morgan fingerprint density at radius 3 is 2.59 bits per heavy atom. The van der Waals surface area contributed by atoms with Gasteiger partial charge in [0.25, 0.3) is 11.2 Å². The predicted molar refractivity (Wildman–Crippen MR) is 99.1 cm³/mol. The van der Waals surface area contributed by atoms with E-state index in [1.54, 1.807) is 11.8 Å². The number of carbonyl (C=O) groups excluding carboxylic acids is 1. The van der Waals surface area contributed by atoms with Gasteiger partial charge in [0.05, 0.1) is 28.4 Å². The summed E-state index contributed by atoms with van der Waals surface area (Å²) < 4.78 is 43.9. The quantitative estimate of drug-likeness (QED) is 0.415. The van der Waals surface area contributed by atoms with Gasteiger partial charge in [-0.15, -0.1) is 0 Å². The number of hydrogen-bond donors (Lipinski definition) is 0. The number of rotatable bonds is 4. The van der Waals surface area contributed by atoms with E-state index in [0.717, 1.165) is 11.3 Å². The van der Waals surface area contributed by atoms with Crippen LogP contribution in [0.1, 0.15) is 25.3 Å². The van der Waals surface area contributed by atoms with Gasteiger partial charge in [0, 0.05) is 19.2 Å².